The number of carboxylic acids is 1. The lowest BCUT2D eigenvalue weighted by molar-refractivity contribution is -0.145. The minimum absolute atomic E-state index is 0.120. The summed E-state index contributed by atoms with van der Waals surface area (Å²) in [5.74, 6) is 0.0216. The van der Waals surface area contributed by atoms with Crippen molar-refractivity contribution >= 4 is 5.97 Å². The van der Waals surface area contributed by atoms with Gasteiger partial charge in [0.25, 0.3) is 0 Å². The molecular formula is C24H23F3N2O4. The molecular weight excluding hydrogens is 437 g/mol. The van der Waals surface area contributed by atoms with Crippen molar-refractivity contribution in [2.45, 2.75) is 44.6 Å². The molecule has 6 nitrogen and oxygen atoms in total. The van der Waals surface area contributed by atoms with E-state index in [-0.39, 0.29) is 12.5 Å². The van der Waals surface area contributed by atoms with Crippen LogP contribution in [0.1, 0.15) is 36.1 Å². The van der Waals surface area contributed by atoms with E-state index < -0.39 is 23.8 Å². The maximum Gasteiger partial charge on any atom is 0.416 e. The van der Waals surface area contributed by atoms with Crippen LogP contribution in [0.25, 0.3) is 11.5 Å². The van der Waals surface area contributed by atoms with Crippen molar-refractivity contribution in [3.05, 3.63) is 71.6 Å². The Bertz CT molecular complexity index is 1100. The predicted octanol–water partition coefficient (Wildman–Crippen LogP) is 5.38. The molecule has 0 saturated carbocycles. The lowest BCUT2D eigenvalue weighted by Gasteiger charge is -2.32. The number of carbonyl (C=O) groups is 1. The lowest BCUT2D eigenvalue weighted by Crippen LogP contribution is -2.43. The minimum Gasteiger partial charge on any atom is -0.487 e. The number of hydrogen-bond acceptors (Lipinski definition) is 5. The summed E-state index contributed by atoms with van der Waals surface area (Å²) < 4.78 is 49.3. The second-order valence-electron chi connectivity index (χ2n) is 7.98. The SMILES string of the molecule is O=C(O)C1CCCCN1Cc1cccc(OCc2coc(-c3ccc(C(F)(F)F)cc3)n2)c1. The lowest BCUT2D eigenvalue weighted by atomic mass is 10.0. The van der Waals surface area contributed by atoms with Crippen molar-refractivity contribution in [1.82, 2.24) is 9.88 Å². The molecule has 1 atom stereocenters. The predicted molar refractivity (Wildman–Crippen MR) is 113 cm³/mol. The Hall–Kier alpha value is -3.33. The second kappa shape index (κ2) is 9.66. The van der Waals surface area contributed by atoms with Crippen molar-refractivity contribution in [3.8, 4) is 17.2 Å². The summed E-state index contributed by atoms with van der Waals surface area (Å²) in [6, 6.07) is 11.6. The number of halogens is 3. The monoisotopic (exact) mass is 460 g/mol. The summed E-state index contributed by atoms with van der Waals surface area (Å²) in [5, 5.41) is 9.45. The Morgan fingerprint density at radius 2 is 1.97 bits per heavy atom. The molecule has 0 aliphatic carbocycles. The zero-order valence-corrected chi connectivity index (χ0v) is 17.7. The number of hydrogen-bond donors (Lipinski definition) is 1. The normalized spacial score (nSPS) is 17.1. The van der Waals surface area contributed by atoms with Crippen LogP contribution in [0.2, 0.25) is 0 Å². The molecule has 33 heavy (non-hydrogen) atoms. The second-order valence-corrected chi connectivity index (χ2v) is 7.98. The minimum atomic E-state index is -4.40. The number of nitrogens with zero attached hydrogens (tertiary/aromatic N) is 2. The Morgan fingerprint density at radius 1 is 1.18 bits per heavy atom. The average Bonchev–Trinajstić information content (AvgIpc) is 3.27. The van der Waals surface area contributed by atoms with Crippen molar-refractivity contribution in [2.24, 2.45) is 0 Å². The Kier molecular flexibility index (Phi) is 6.69. The number of piperidine rings is 1. The number of alkyl halides is 3. The third kappa shape index (κ3) is 5.73. The van der Waals surface area contributed by atoms with E-state index in [1.54, 1.807) is 6.07 Å². The molecule has 2 heterocycles. The number of benzene rings is 2. The molecule has 0 bridgehead atoms. The number of rotatable bonds is 7. The third-order valence-electron chi connectivity index (χ3n) is 5.58. The highest BCUT2D eigenvalue weighted by molar-refractivity contribution is 5.73. The molecule has 1 N–H and O–H groups in total. The first-order valence-electron chi connectivity index (χ1n) is 10.6. The molecule has 3 aromatic rings. The van der Waals surface area contributed by atoms with Crippen LogP contribution in [0.15, 0.2) is 59.2 Å². The first kappa shape index (κ1) is 22.8. The Morgan fingerprint density at radius 3 is 2.70 bits per heavy atom. The van der Waals surface area contributed by atoms with Gasteiger partial charge in [-0.3, -0.25) is 9.69 Å². The van der Waals surface area contributed by atoms with Crippen LogP contribution in [0.4, 0.5) is 13.2 Å². The highest BCUT2D eigenvalue weighted by atomic mass is 19.4. The number of likely N-dealkylation sites (tertiary alicyclic amines) is 1. The molecule has 1 unspecified atom stereocenters. The van der Waals surface area contributed by atoms with E-state index in [0.717, 1.165) is 37.1 Å². The van der Waals surface area contributed by atoms with Crippen molar-refractivity contribution in [3.63, 3.8) is 0 Å². The average molecular weight is 460 g/mol. The van der Waals surface area contributed by atoms with E-state index in [1.165, 1.54) is 18.4 Å². The number of oxazole rings is 1. The van der Waals surface area contributed by atoms with E-state index in [4.69, 9.17) is 9.15 Å². The van der Waals surface area contributed by atoms with Gasteiger partial charge in [-0.25, -0.2) is 4.98 Å². The van der Waals surface area contributed by atoms with Crippen LogP contribution >= 0.6 is 0 Å². The summed E-state index contributed by atoms with van der Waals surface area (Å²) in [4.78, 5) is 17.8. The van der Waals surface area contributed by atoms with Crippen LogP contribution in [-0.4, -0.2) is 33.5 Å². The van der Waals surface area contributed by atoms with Crippen LogP contribution in [-0.2, 0) is 24.1 Å². The zero-order chi connectivity index (χ0) is 23.4. The summed E-state index contributed by atoms with van der Waals surface area (Å²) in [7, 11) is 0. The molecule has 0 spiro atoms. The Labute approximate surface area is 188 Å². The van der Waals surface area contributed by atoms with E-state index in [0.29, 0.717) is 30.0 Å². The molecule has 1 saturated heterocycles. The van der Waals surface area contributed by atoms with Crippen molar-refractivity contribution in [1.29, 1.82) is 0 Å². The third-order valence-corrected chi connectivity index (χ3v) is 5.58. The van der Waals surface area contributed by atoms with E-state index >= 15 is 0 Å². The van der Waals surface area contributed by atoms with Crippen LogP contribution < -0.4 is 4.74 Å². The molecule has 9 heteroatoms. The molecule has 1 aliphatic rings. The van der Waals surface area contributed by atoms with Gasteiger partial charge in [-0.2, -0.15) is 13.2 Å². The molecule has 1 aliphatic heterocycles. The van der Waals surface area contributed by atoms with Crippen molar-refractivity contribution in [2.75, 3.05) is 6.54 Å². The van der Waals surface area contributed by atoms with Gasteiger partial charge in [0.15, 0.2) is 0 Å². The van der Waals surface area contributed by atoms with E-state index in [2.05, 4.69) is 4.98 Å². The molecule has 4 rings (SSSR count). The highest BCUT2D eigenvalue weighted by Gasteiger charge is 2.30. The molecule has 0 radical (unpaired) electrons. The molecule has 2 aromatic carbocycles. The zero-order valence-electron chi connectivity index (χ0n) is 17.7. The topological polar surface area (TPSA) is 75.8 Å². The maximum atomic E-state index is 12.7. The van der Waals surface area contributed by atoms with Gasteiger partial charge >= 0.3 is 12.1 Å². The summed E-state index contributed by atoms with van der Waals surface area (Å²) in [6.07, 6.45) is -0.442. The first-order chi connectivity index (χ1) is 15.8. The number of ether oxygens (including phenoxy) is 1. The number of carboxylic acid groups (broad SMARTS) is 1. The molecule has 174 valence electrons. The Balaban J connectivity index is 1.37. The standard InChI is InChI=1S/C24H23F3N2O4/c25-24(26,27)18-9-7-17(8-10-18)22-28-19(15-33-22)14-32-20-5-3-4-16(12-20)13-29-11-2-1-6-21(29)23(30)31/h3-5,7-10,12,15,21H,1-2,6,11,13-14H2,(H,30,31). The first-order valence-corrected chi connectivity index (χ1v) is 10.6. The van der Waals surface area contributed by atoms with Gasteiger partial charge in [0.2, 0.25) is 5.89 Å². The van der Waals surface area contributed by atoms with E-state index in [1.807, 2.05) is 23.1 Å². The van der Waals surface area contributed by atoms with Gasteiger partial charge in [-0.15, -0.1) is 0 Å². The maximum absolute atomic E-state index is 12.7. The van der Waals surface area contributed by atoms with Gasteiger partial charge in [-0.05, 0) is 61.3 Å². The van der Waals surface area contributed by atoms with Crippen LogP contribution in [0, 0.1) is 0 Å². The van der Waals surface area contributed by atoms with Crippen molar-refractivity contribution < 1.29 is 32.2 Å². The molecule has 0 amide bonds. The fourth-order valence-corrected chi connectivity index (χ4v) is 3.89. The smallest absolute Gasteiger partial charge is 0.416 e. The fraction of sp³-hybridized carbons (Fsp3) is 0.333. The number of aliphatic carboxylic acids is 1. The quantitative estimate of drug-likeness (QED) is 0.510. The fourth-order valence-electron chi connectivity index (χ4n) is 3.89. The molecule has 1 fully saturated rings. The van der Waals surface area contributed by atoms with E-state index in [9.17, 15) is 23.1 Å². The summed E-state index contributed by atoms with van der Waals surface area (Å²) in [5.41, 5.74) is 1.15. The van der Waals surface area contributed by atoms with Gasteiger partial charge in [0.1, 0.15) is 30.4 Å². The summed E-state index contributed by atoms with van der Waals surface area (Å²) >= 11 is 0. The summed E-state index contributed by atoms with van der Waals surface area (Å²) in [6.45, 7) is 1.39. The van der Waals surface area contributed by atoms with Gasteiger partial charge in [0.05, 0.1) is 5.56 Å². The van der Waals surface area contributed by atoms with Crippen LogP contribution in [0.5, 0.6) is 5.75 Å². The van der Waals surface area contributed by atoms with Crippen LogP contribution in [0.3, 0.4) is 0 Å². The van der Waals surface area contributed by atoms with Gasteiger partial charge < -0.3 is 14.3 Å². The number of aromatic nitrogens is 1. The molecule has 1 aromatic heterocycles. The van der Waals surface area contributed by atoms with Gasteiger partial charge in [0, 0.05) is 12.1 Å². The highest BCUT2D eigenvalue weighted by Crippen LogP contribution is 2.31. The largest absolute Gasteiger partial charge is 0.487 e. The van der Waals surface area contributed by atoms with Gasteiger partial charge in [-0.1, -0.05) is 18.6 Å².